The molecule has 0 radical (unpaired) electrons. The van der Waals surface area contributed by atoms with Crippen molar-refractivity contribution in [2.45, 2.75) is 33.2 Å². The minimum atomic E-state index is -0.212. The summed E-state index contributed by atoms with van der Waals surface area (Å²) in [5.41, 5.74) is 2.80. The number of anilines is 2. The Kier molecular flexibility index (Phi) is 5.79. The van der Waals surface area contributed by atoms with Gasteiger partial charge in [-0.2, -0.15) is 0 Å². The molecule has 0 aliphatic rings. The Labute approximate surface area is 179 Å². The highest BCUT2D eigenvalue weighted by atomic mass is 16.4. The van der Waals surface area contributed by atoms with E-state index < -0.39 is 0 Å². The van der Waals surface area contributed by atoms with E-state index in [9.17, 15) is 9.59 Å². The van der Waals surface area contributed by atoms with Crippen LogP contribution in [0.5, 0.6) is 0 Å². The lowest BCUT2D eigenvalue weighted by Crippen LogP contribution is -2.19. The second-order valence-electron chi connectivity index (χ2n) is 7.24. The Balaban J connectivity index is 1.61. The zero-order valence-electron chi connectivity index (χ0n) is 17.4. The van der Waals surface area contributed by atoms with E-state index >= 15 is 0 Å². The van der Waals surface area contributed by atoms with Crippen LogP contribution in [-0.2, 0) is 22.6 Å². The van der Waals surface area contributed by atoms with Crippen molar-refractivity contribution in [3.63, 3.8) is 0 Å². The van der Waals surface area contributed by atoms with Gasteiger partial charge in [-0.1, -0.05) is 31.2 Å². The smallest absolute Gasteiger partial charge is 0.264 e. The summed E-state index contributed by atoms with van der Waals surface area (Å²) in [7, 11) is 0. The third-order valence-electron chi connectivity index (χ3n) is 4.73. The van der Waals surface area contributed by atoms with Crippen molar-refractivity contribution < 1.29 is 14.0 Å². The molecule has 0 spiro atoms. The SMILES string of the molecule is CCCc1nnc(-c2cc3ccccc3n2CC(=O)Nc2cccc(NC(C)=O)c2)o1. The third kappa shape index (κ3) is 4.63. The van der Waals surface area contributed by atoms with Crippen LogP contribution < -0.4 is 10.6 Å². The zero-order chi connectivity index (χ0) is 21.8. The number of hydrogen-bond donors (Lipinski definition) is 2. The Bertz CT molecular complexity index is 1240. The van der Waals surface area contributed by atoms with Gasteiger partial charge in [-0.15, -0.1) is 10.2 Å². The van der Waals surface area contributed by atoms with Crippen LogP contribution in [0.25, 0.3) is 22.5 Å². The van der Waals surface area contributed by atoms with E-state index in [0.717, 1.165) is 17.3 Å². The first-order valence-electron chi connectivity index (χ1n) is 10.1. The van der Waals surface area contributed by atoms with Gasteiger partial charge in [0.2, 0.25) is 17.7 Å². The van der Waals surface area contributed by atoms with E-state index in [2.05, 4.69) is 20.8 Å². The van der Waals surface area contributed by atoms with Crippen LogP contribution in [0.2, 0.25) is 0 Å². The lowest BCUT2D eigenvalue weighted by atomic mass is 10.2. The first-order valence-corrected chi connectivity index (χ1v) is 10.1. The van der Waals surface area contributed by atoms with Gasteiger partial charge < -0.3 is 19.6 Å². The van der Waals surface area contributed by atoms with Crippen LogP contribution >= 0.6 is 0 Å². The lowest BCUT2D eigenvalue weighted by molar-refractivity contribution is -0.116. The number of rotatable bonds is 7. The van der Waals surface area contributed by atoms with Gasteiger partial charge >= 0.3 is 0 Å². The van der Waals surface area contributed by atoms with Gasteiger partial charge in [0.1, 0.15) is 12.2 Å². The molecule has 8 heteroatoms. The highest BCUT2D eigenvalue weighted by molar-refractivity contribution is 5.95. The monoisotopic (exact) mass is 417 g/mol. The van der Waals surface area contributed by atoms with E-state index in [-0.39, 0.29) is 18.4 Å². The van der Waals surface area contributed by atoms with Gasteiger partial charge in [-0.25, -0.2) is 0 Å². The number of nitrogens with zero attached hydrogens (tertiary/aromatic N) is 3. The largest absolute Gasteiger partial charge is 0.419 e. The second kappa shape index (κ2) is 8.83. The topological polar surface area (TPSA) is 102 Å². The molecular formula is C23H23N5O3. The Morgan fingerprint density at radius 3 is 2.55 bits per heavy atom. The number of fused-ring (bicyclic) bond motifs is 1. The van der Waals surface area contributed by atoms with Gasteiger partial charge in [0.05, 0.1) is 0 Å². The number of hydrogen-bond acceptors (Lipinski definition) is 5. The van der Waals surface area contributed by atoms with Crippen molar-refractivity contribution in [1.29, 1.82) is 0 Å². The molecule has 0 unspecified atom stereocenters. The molecule has 0 aliphatic heterocycles. The Morgan fingerprint density at radius 1 is 1.00 bits per heavy atom. The van der Waals surface area contributed by atoms with Crippen LogP contribution in [0, 0.1) is 0 Å². The molecule has 2 heterocycles. The van der Waals surface area contributed by atoms with E-state index in [1.54, 1.807) is 24.3 Å². The number of carbonyl (C=O) groups excluding carboxylic acids is 2. The standard InChI is InChI=1S/C23H23N5O3/c1-3-7-22-26-27-23(31-22)20-12-16-8-4-5-11-19(16)28(20)14-21(30)25-18-10-6-9-17(13-18)24-15(2)29/h4-6,8-13H,3,7,14H2,1-2H3,(H,24,29)(H,25,30). The summed E-state index contributed by atoms with van der Waals surface area (Å²) in [5.74, 6) is 0.582. The summed E-state index contributed by atoms with van der Waals surface area (Å²) in [6.45, 7) is 3.55. The first kappa shape index (κ1) is 20.3. The fourth-order valence-electron chi connectivity index (χ4n) is 3.45. The van der Waals surface area contributed by atoms with E-state index in [1.807, 2.05) is 41.8 Å². The second-order valence-corrected chi connectivity index (χ2v) is 7.24. The number of aromatic nitrogens is 3. The highest BCUT2D eigenvalue weighted by Gasteiger charge is 2.18. The molecule has 0 bridgehead atoms. The maximum atomic E-state index is 12.9. The van der Waals surface area contributed by atoms with Gasteiger partial charge in [0.15, 0.2) is 0 Å². The van der Waals surface area contributed by atoms with E-state index in [0.29, 0.717) is 35.3 Å². The minimum Gasteiger partial charge on any atom is -0.419 e. The van der Waals surface area contributed by atoms with Gasteiger partial charge in [-0.3, -0.25) is 9.59 Å². The lowest BCUT2D eigenvalue weighted by Gasteiger charge is -2.11. The fraction of sp³-hybridized carbons (Fsp3) is 0.217. The van der Waals surface area contributed by atoms with Crippen LogP contribution in [0.15, 0.2) is 59.0 Å². The predicted octanol–water partition coefficient (Wildman–Crippen LogP) is 4.24. The fourth-order valence-corrected chi connectivity index (χ4v) is 3.45. The minimum absolute atomic E-state index is 0.0682. The summed E-state index contributed by atoms with van der Waals surface area (Å²) < 4.78 is 7.68. The van der Waals surface area contributed by atoms with Crippen molar-refractivity contribution in [1.82, 2.24) is 14.8 Å². The van der Waals surface area contributed by atoms with Crippen molar-refractivity contribution in [2.24, 2.45) is 0 Å². The maximum absolute atomic E-state index is 12.9. The number of benzene rings is 2. The summed E-state index contributed by atoms with van der Waals surface area (Å²) in [6, 6.07) is 16.8. The highest BCUT2D eigenvalue weighted by Crippen LogP contribution is 2.28. The average Bonchev–Trinajstić information content (AvgIpc) is 3.33. The van der Waals surface area contributed by atoms with Crippen molar-refractivity contribution in [3.8, 4) is 11.6 Å². The quantitative estimate of drug-likeness (QED) is 0.468. The number of aryl methyl sites for hydroxylation is 1. The van der Waals surface area contributed by atoms with Gasteiger partial charge in [-0.05, 0) is 36.8 Å². The van der Waals surface area contributed by atoms with Crippen molar-refractivity contribution >= 4 is 34.1 Å². The molecule has 2 N–H and O–H groups in total. The summed E-state index contributed by atoms with van der Waals surface area (Å²) in [5, 5.41) is 14.9. The van der Waals surface area contributed by atoms with Crippen molar-refractivity contribution in [3.05, 3.63) is 60.5 Å². The van der Waals surface area contributed by atoms with Gasteiger partial charge in [0.25, 0.3) is 5.89 Å². The Morgan fingerprint density at radius 2 is 1.77 bits per heavy atom. The average molecular weight is 417 g/mol. The molecule has 31 heavy (non-hydrogen) atoms. The summed E-state index contributed by atoms with van der Waals surface area (Å²) in [4.78, 5) is 24.1. The molecule has 2 aromatic heterocycles. The summed E-state index contributed by atoms with van der Waals surface area (Å²) >= 11 is 0. The van der Waals surface area contributed by atoms with Crippen molar-refractivity contribution in [2.75, 3.05) is 10.6 Å². The number of carbonyl (C=O) groups is 2. The van der Waals surface area contributed by atoms with Crippen LogP contribution in [0.3, 0.4) is 0 Å². The predicted molar refractivity (Wildman–Crippen MR) is 119 cm³/mol. The van der Waals surface area contributed by atoms with E-state index in [4.69, 9.17) is 4.42 Å². The third-order valence-corrected chi connectivity index (χ3v) is 4.73. The molecule has 0 saturated heterocycles. The number of nitrogens with one attached hydrogen (secondary N) is 2. The van der Waals surface area contributed by atoms with Crippen LogP contribution in [0.1, 0.15) is 26.2 Å². The first-order chi connectivity index (χ1) is 15.0. The molecule has 0 saturated carbocycles. The summed E-state index contributed by atoms with van der Waals surface area (Å²) in [6.07, 6.45) is 1.61. The molecule has 0 fully saturated rings. The molecule has 158 valence electrons. The van der Waals surface area contributed by atoms with E-state index in [1.165, 1.54) is 6.92 Å². The maximum Gasteiger partial charge on any atom is 0.264 e. The van der Waals surface area contributed by atoms with Gasteiger partial charge in [0, 0.05) is 35.6 Å². The zero-order valence-corrected chi connectivity index (χ0v) is 17.4. The molecule has 2 amide bonds. The van der Waals surface area contributed by atoms with Crippen LogP contribution in [0.4, 0.5) is 11.4 Å². The molecule has 0 atom stereocenters. The number of para-hydroxylation sites is 1. The normalized spacial score (nSPS) is 10.9. The van der Waals surface area contributed by atoms with Crippen LogP contribution in [-0.4, -0.2) is 26.6 Å². The molecular weight excluding hydrogens is 394 g/mol. The molecule has 0 aliphatic carbocycles. The molecule has 8 nitrogen and oxygen atoms in total. The Hall–Kier alpha value is -3.94. The molecule has 4 aromatic rings. The number of amides is 2. The molecule has 2 aromatic carbocycles. The molecule has 4 rings (SSSR count).